The predicted molar refractivity (Wildman–Crippen MR) is 93.5 cm³/mol. The van der Waals surface area contributed by atoms with Gasteiger partial charge in [0, 0.05) is 18.1 Å². The number of hydrogen-bond donors (Lipinski definition) is 1. The van der Waals surface area contributed by atoms with E-state index < -0.39 is 16.1 Å². The van der Waals surface area contributed by atoms with E-state index in [0.29, 0.717) is 18.1 Å². The fourth-order valence-electron chi connectivity index (χ4n) is 2.77. The average Bonchev–Trinajstić information content (AvgIpc) is 3.08. The molecule has 24 heavy (non-hydrogen) atoms. The SMILES string of the molecule is Cc1ccc(S(=O)(=O)N2CCCC[C@H]2C(=O)Nc2nccs2)cc1. The minimum atomic E-state index is -3.70. The number of nitrogens with zero attached hydrogens (tertiary/aromatic N) is 2. The smallest absolute Gasteiger partial charge is 0.244 e. The van der Waals surface area contributed by atoms with Crippen molar-refractivity contribution in [3.05, 3.63) is 41.4 Å². The number of aryl methyl sites for hydroxylation is 1. The van der Waals surface area contributed by atoms with Crippen molar-refractivity contribution in [1.29, 1.82) is 0 Å². The lowest BCUT2D eigenvalue weighted by Crippen LogP contribution is -2.49. The van der Waals surface area contributed by atoms with Gasteiger partial charge < -0.3 is 5.32 Å². The summed E-state index contributed by atoms with van der Waals surface area (Å²) in [6, 6.07) is 6.02. The Labute approximate surface area is 145 Å². The number of aromatic nitrogens is 1. The average molecular weight is 365 g/mol. The summed E-state index contributed by atoms with van der Waals surface area (Å²) in [5, 5.41) is 4.96. The molecular weight excluding hydrogens is 346 g/mol. The molecule has 2 aromatic rings. The summed E-state index contributed by atoms with van der Waals surface area (Å²) in [6.45, 7) is 2.26. The van der Waals surface area contributed by atoms with Gasteiger partial charge in [-0.2, -0.15) is 4.31 Å². The summed E-state index contributed by atoms with van der Waals surface area (Å²) in [4.78, 5) is 16.8. The molecule has 6 nitrogen and oxygen atoms in total. The molecular formula is C16H19N3O3S2. The first-order chi connectivity index (χ1) is 11.5. The van der Waals surface area contributed by atoms with E-state index in [1.165, 1.54) is 15.6 Å². The highest BCUT2D eigenvalue weighted by Gasteiger charge is 2.37. The van der Waals surface area contributed by atoms with Crippen LogP contribution in [0.1, 0.15) is 24.8 Å². The minimum absolute atomic E-state index is 0.224. The maximum atomic E-state index is 12.9. The van der Waals surface area contributed by atoms with Gasteiger partial charge in [-0.3, -0.25) is 4.79 Å². The molecule has 1 saturated heterocycles. The Morgan fingerprint density at radius 3 is 2.71 bits per heavy atom. The standard InChI is InChI=1S/C16H19N3O3S2/c1-12-5-7-13(8-6-12)24(21,22)19-10-3-2-4-14(19)15(20)18-16-17-9-11-23-16/h5-9,11,14H,2-4,10H2,1H3,(H,17,18,20)/t14-/m0/s1. The van der Waals surface area contributed by atoms with E-state index >= 15 is 0 Å². The lowest BCUT2D eigenvalue weighted by atomic mass is 10.0. The third-order valence-corrected chi connectivity index (χ3v) is 6.66. The van der Waals surface area contributed by atoms with Crippen molar-refractivity contribution in [3.8, 4) is 0 Å². The molecule has 1 atom stereocenters. The Bertz CT molecular complexity index is 802. The number of hydrogen-bond acceptors (Lipinski definition) is 5. The third kappa shape index (κ3) is 3.50. The Balaban J connectivity index is 1.85. The van der Waals surface area contributed by atoms with E-state index in [1.807, 2.05) is 6.92 Å². The third-order valence-electron chi connectivity index (χ3n) is 4.05. The molecule has 1 amide bonds. The molecule has 0 radical (unpaired) electrons. The first kappa shape index (κ1) is 17.1. The van der Waals surface area contributed by atoms with E-state index in [1.54, 1.807) is 35.8 Å². The predicted octanol–water partition coefficient (Wildman–Crippen LogP) is 2.63. The van der Waals surface area contributed by atoms with Crippen LogP contribution in [0.2, 0.25) is 0 Å². The maximum Gasteiger partial charge on any atom is 0.244 e. The molecule has 1 aromatic carbocycles. The van der Waals surface area contributed by atoms with E-state index in [4.69, 9.17) is 0 Å². The zero-order valence-corrected chi connectivity index (χ0v) is 14.9. The van der Waals surface area contributed by atoms with Crippen LogP contribution >= 0.6 is 11.3 Å². The molecule has 1 aromatic heterocycles. The Morgan fingerprint density at radius 2 is 2.04 bits per heavy atom. The van der Waals surface area contributed by atoms with Crippen LogP contribution in [-0.2, 0) is 14.8 Å². The van der Waals surface area contributed by atoms with Crippen LogP contribution in [0.3, 0.4) is 0 Å². The molecule has 3 rings (SSSR count). The molecule has 0 spiro atoms. The van der Waals surface area contributed by atoms with Crippen molar-refractivity contribution >= 4 is 32.4 Å². The zero-order chi connectivity index (χ0) is 17.2. The quantitative estimate of drug-likeness (QED) is 0.903. The van der Waals surface area contributed by atoms with Crippen molar-refractivity contribution in [2.45, 2.75) is 37.1 Å². The van der Waals surface area contributed by atoms with E-state index in [0.717, 1.165) is 18.4 Å². The fraction of sp³-hybridized carbons (Fsp3) is 0.375. The number of rotatable bonds is 4. The van der Waals surface area contributed by atoms with Crippen LogP contribution in [0.15, 0.2) is 40.7 Å². The normalized spacial score (nSPS) is 19.1. The molecule has 1 aliphatic rings. The van der Waals surface area contributed by atoms with Gasteiger partial charge >= 0.3 is 0 Å². The summed E-state index contributed by atoms with van der Waals surface area (Å²) in [7, 11) is -3.70. The van der Waals surface area contributed by atoms with Gasteiger partial charge in [0.15, 0.2) is 5.13 Å². The van der Waals surface area contributed by atoms with Gasteiger partial charge in [-0.15, -0.1) is 11.3 Å². The Kier molecular flexibility index (Phi) is 4.98. The number of benzene rings is 1. The molecule has 1 aliphatic heterocycles. The van der Waals surface area contributed by atoms with Crippen LogP contribution in [0.4, 0.5) is 5.13 Å². The van der Waals surface area contributed by atoms with Crippen LogP contribution < -0.4 is 5.32 Å². The van der Waals surface area contributed by atoms with Gasteiger partial charge in [-0.1, -0.05) is 24.1 Å². The first-order valence-corrected chi connectivity index (χ1v) is 10.1. The van der Waals surface area contributed by atoms with Crippen molar-refractivity contribution < 1.29 is 13.2 Å². The van der Waals surface area contributed by atoms with Gasteiger partial charge in [-0.05, 0) is 31.9 Å². The van der Waals surface area contributed by atoms with Crippen molar-refractivity contribution in [2.24, 2.45) is 0 Å². The van der Waals surface area contributed by atoms with Crippen molar-refractivity contribution in [1.82, 2.24) is 9.29 Å². The molecule has 1 fully saturated rings. The molecule has 1 N–H and O–H groups in total. The number of nitrogens with one attached hydrogen (secondary N) is 1. The van der Waals surface area contributed by atoms with Gasteiger partial charge in [0.25, 0.3) is 0 Å². The zero-order valence-electron chi connectivity index (χ0n) is 13.3. The number of sulfonamides is 1. The van der Waals surface area contributed by atoms with Crippen LogP contribution in [0.5, 0.6) is 0 Å². The first-order valence-electron chi connectivity index (χ1n) is 7.77. The minimum Gasteiger partial charge on any atom is -0.301 e. The highest BCUT2D eigenvalue weighted by Crippen LogP contribution is 2.26. The summed E-state index contributed by atoms with van der Waals surface area (Å²) in [5.41, 5.74) is 0.991. The fourth-order valence-corrected chi connectivity index (χ4v) is 4.96. The van der Waals surface area contributed by atoms with Gasteiger partial charge in [0.05, 0.1) is 4.90 Å². The number of anilines is 1. The molecule has 8 heteroatoms. The van der Waals surface area contributed by atoms with E-state index in [2.05, 4.69) is 10.3 Å². The number of piperidine rings is 1. The molecule has 0 aliphatic carbocycles. The van der Waals surface area contributed by atoms with Gasteiger partial charge in [0.1, 0.15) is 6.04 Å². The highest BCUT2D eigenvalue weighted by molar-refractivity contribution is 7.89. The summed E-state index contributed by atoms with van der Waals surface area (Å²) < 4.78 is 27.2. The number of amides is 1. The summed E-state index contributed by atoms with van der Waals surface area (Å²) >= 11 is 1.31. The number of carbonyl (C=O) groups excluding carboxylic acids is 1. The Morgan fingerprint density at radius 1 is 1.29 bits per heavy atom. The number of carbonyl (C=O) groups is 1. The van der Waals surface area contributed by atoms with Crippen molar-refractivity contribution in [2.75, 3.05) is 11.9 Å². The monoisotopic (exact) mass is 365 g/mol. The topological polar surface area (TPSA) is 79.4 Å². The molecule has 0 bridgehead atoms. The van der Waals surface area contributed by atoms with Gasteiger partial charge in [0.2, 0.25) is 15.9 Å². The van der Waals surface area contributed by atoms with E-state index in [9.17, 15) is 13.2 Å². The summed E-state index contributed by atoms with van der Waals surface area (Å²) in [6.07, 6.45) is 3.70. The second-order valence-corrected chi connectivity index (χ2v) is 8.55. The van der Waals surface area contributed by atoms with Crippen LogP contribution in [0.25, 0.3) is 0 Å². The highest BCUT2D eigenvalue weighted by atomic mass is 32.2. The second-order valence-electron chi connectivity index (χ2n) is 5.77. The van der Waals surface area contributed by atoms with Crippen LogP contribution in [-0.4, -0.2) is 36.2 Å². The second kappa shape index (κ2) is 7.00. The lowest BCUT2D eigenvalue weighted by Gasteiger charge is -2.33. The molecule has 0 unspecified atom stereocenters. The van der Waals surface area contributed by atoms with Crippen molar-refractivity contribution in [3.63, 3.8) is 0 Å². The molecule has 2 heterocycles. The van der Waals surface area contributed by atoms with Crippen LogP contribution in [0, 0.1) is 6.92 Å². The van der Waals surface area contributed by atoms with E-state index in [-0.39, 0.29) is 10.8 Å². The largest absolute Gasteiger partial charge is 0.301 e. The molecule has 0 saturated carbocycles. The molecule has 128 valence electrons. The van der Waals surface area contributed by atoms with Gasteiger partial charge in [-0.25, -0.2) is 13.4 Å². The lowest BCUT2D eigenvalue weighted by molar-refractivity contribution is -0.120. The summed E-state index contributed by atoms with van der Waals surface area (Å²) in [5.74, 6) is -0.319. The maximum absolute atomic E-state index is 12.9. The Hall–Kier alpha value is -1.77. The number of thiazole rings is 1.